The molecule has 2 aromatic carbocycles. The lowest BCUT2D eigenvalue weighted by molar-refractivity contribution is -0.130. The molecule has 3 aromatic rings. The van der Waals surface area contributed by atoms with Crippen LogP contribution in [0.5, 0.6) is 5.75 Å². The summed E-state index contributed by atoms with van der Waals surface area (Å²) in [4.78, 5) is 18.3. The van der Waals surface area contributed by atoms with Crippen molar-refractivity contribution in [3.63, 3.8) is 0 Å². The van der Waals surface area contributed by atoms with Gasteiger partial charge in [-0.15, -0.1) is 0 Å². The fourth-order valence-electron chi connectivity index (χ4n) is 2.57. The van der Waals surface area contributed by atoms with Gasteiger partial charge in [-0.3, -0.25) is 4.79 Å². The Balaban J connectivity index is 1.65. The third kappa shape index (κ3) is 4.97. The molecule has 1 amide bonds. The van der Waals surface area contributed by atoms with E-state index >= 15 is 0 Å². The number of carbonyl (C=O) groups excluding carboxylic acids is 1. The van der Waals surface area contributed by atoms with E-state index in [0.29, 0.717) is 35.9 Å². The van der Waals surface area contributed by atoms with Crippen molar-refractivity contribution in [3.05, 3.63) is 54.6 Å². The number of para-hydroxylation sites is 3. The normalized spacial score (nSPS) is 11.1. The minimum Gasteiger partial charge on any atom is -0.492 e. The summed E-state index contributed by atoms with van der Waals surface area (Å²) in [6.07, 6.45) is 0. The van der Waals surface area contributed by atoms with Gasteiger partial charge in [0.15, 0.2) is 5.16 Å². The number of alkyl halides is 2. The lowest BCUT2D eigenvalue weighted by Gasteiger charge is -2.18. The molecule has 1 aromatic heterocycles. The van der Waals surface area contributed by atoms with Gasteiger partial charge in [0.25, 0.3) is 5.76 Å². The Kier molecular flexibility index (Phi) is 6.28. The zero-order chi connectivity index (χ0) is 19.2. The van der Waals surface area contributed by atoms with Crippen molar-refractivity contribution in [2.75, 3.05) is 20.2 Å². The van der Waals surface area contributed by atoms with Gasteiger partial charge in [-0.05, 0) is 36.0 Å². The topological polar surface area (TPSA) is 47.4 Å². The van der Waals surface area contributed by atoms with Gasteiger partial charge in [0.05, 0.1) is 17.6 Å². The summed E-state index contributed by atoms with van der Waals surface area (Å²) >= 11 is 0.343. The van der Waals surface area contributed by atoms with Crippen molar-refractivity contribution in [3.8, 4) is 5.75 Å². The third-order valence-corrected chi connectivity index (χ3v) is 4.67. The number of carbonyl (C=O) groups is 1. The van der Waals surface area contributed by atoms with Crippen molar-refractivity contribution in [1.82, 2.24) is 14.5 Å². The molecule has 27 heavy (non-hydrogen) atoms. The summed E-state index contributed by atoms with van der Waals surface area (Å²) in [6.45, 7) is 0.671. The molecular formula is C19H19F2N3O2S. The number of thioether (sulfide) groups is 1. The molecular weight excluding hydrogens is 372 g/mol. The summed E-state index contributed by atoms with van der Waals surface area (Å²) in [5.41, 5.74) is 1.24. The first-order valence-corrected chi connectivity index (χ1v) is 9.24. The van der Waals surface area contributed by atoms with Gasteiger partial charge >= 0.3 is 0 Å². The number of rotatable bonds is 8. The number of nitrogens with zero attached hydrogens (tertiary/aromatic N) is 3. The number of aromatic nitrogens is 2. The van der Waals surface area contributed by atoms with Gasteiger partial charge in [0.1, 0.15) is 18.9 Å². The van der Waals surface area contributed by atoms with Gasteiger partial charge in [-0.2, -0.15) is 8.78 Å². The number of ether oxygens (including phenoxy) is 1. The van der Waals surface area contributed by atoms with E-state index in [1.165, 1.54) is 9.47 Å². The number of fused-ring (bicyclic) bond motifs is 1. The van der Waals surface area contributed by atoms with E-state index in [9.17, 15) is 13.6 Å². The molecule has 0 spiro atoms. The van der Waals surface area contributed by atoms with E-state index in [4.69, 9.17) is 4.74 Å². The molecule has 0 radical (unpaired) electrons. The van der Waals surface area contributed by atoms with Gasteiger partial charge < -0.3 is 14.2 Å². The molecule has 5 nitrogen and oxygen atoms in total. The van der Waals surface area contributed by atoms with E-state index < -0.39 is 5.76 Å². The molecule has 0 N–H and O–H groups in total. The highest BCUT2D eigenvalue weighted by Gasteiger charge is 2.19. The zero-order valence-corrected chi connectivity index (χ0v) is 15.5. The van der Waals surface area contributed by atoms with Gasteiger partial charge in [-0.25, -0.2) is 4.98 Å². The minimum atomic E-state index is -2.60. The predicted molar refractivity (Wildman–Crippen MR) is 101 cm³/mol. The zero-order valence-electron chi connectivity index (χ0n) is 14.7. The maximum Gasteiger partial charge on any atom is 0.291 e. The summed E-state index contributed by atoms with van der Waals surface area (Å²) in [5, 5.41) is 0.133. The molecule has 0 fully saturated rings. The highest BCUT2D eigenvalue weighted by molar-refractivity contribution is 7.99. The molecule has 3 rings (SSSR count). The van der Waals surface area contributed by atoms with Crippen LogP contribution >= 0.6 is 11.8 Å². The van der Waals surface area contributed by atoms with E-state index in [0.717, 1.165) is 5.75 Å². The van der Waals surface area contributed by atoms with Crippen LogP contribution in [0.15, 0.2) is 59.8 Å². The second kappa shape index (κ2) is 8.85. The first kappa shape index (κ1) is 19.2. The number of likely N-dealkylation sites (N-methyl/N-ethyl adjacent to an activating group) is 1. The Morgan fingerprint density at radius 3 is 2.63 bits per heavy atom. The molecule has 0 unspecified atom stereocenters. The fourth-order valence-corrected chi connectivity index (χ4v) is 3.17. The third-order valence-electron chi connectivity index (χ3n) is 3.97. The smallest absolute Gasteiger partial charge is 0.291 e. The maximum atomic E-state index is 12.9. The highest BCUT2D eigenvalue weighted by atomic mass is 32.2. The molecule has 0 aliphatic heterocycles. The lowest BCUT2D eigenvalue weighted by atomic mass is 10.3. The van der Waals surface area contributed by atoms with Crippen molar-refractivity contribution < 1.29 is 18.3 Å². The van der Waals surface area contributed by atoms with Gasteiger partial charge in [-0.1, -0.05) is 30.3 Å². The standard InChI is InChI=1S/C19H19F2N3O2S/c1-23(11-12-26-14-7-3-2-4-8-14)17(25)13-24-16-10-6-5-9-15(16)22-19(24)27-18(20)21/h2-10,18H,11-13H2,1H3. The summed E-state index contributed by atoms with van der Waals surface area (Å²) in [7, 11) is 1.66. The van der Waals surface area contributed by atoms with E-state index in [-0.39, 0.29) is 17.6 Å². The molecule has 0 saturated heterocycles. The van der Waals surface area contributed by atoms with Crippen molar-refractivity contribution >= 4 is 28.7 Å². The summed E-state index contributed by atoms with van der Waals surface area (Å²) < 4.78 is 32.8. The van der Waals surface area contributed by atoms with Crippen LogP contribution in [-0.2, 0) is 11.3 Å². The number of halogens is 2. The Bertz CT molecular complexity index is 902. The Morgan fingerprint density at radius 1 is 1.19 bits per heavy atom. The second-order valence-corrected chi connectivity index (χ2v) is 6.78. The first-order valence-electron chi connectivity index (χ1n) is 8.36. The quantitative estimate of drug-likeness (QED) is 0.547. The lowest BCUT2D eigenvalue weighted by Crippen LogP contribution is -2.33. The number of amides is 1. The van der Waals surface area contributed by atoms with E-state index in [1.54, 1.807) is 31.3 Å². The molecule has 142 valence electrons. The average Bonchev–Trinajstić information content (AvgIpc) is 2.99. The number of hydrogen-bond donors (Lipinski definition) is 0. The van der Waals surface area contributed by atoms with Crippen LogP contribution in [-0.4, -0.2) is 46.3 Å². The van der Waals surface area contributed by atoms with Crippen molar-refractivity contribution in [2.45, 2.75) is 17.5 Å². The highest BCUT2D eigenvalue weighted by Crippen LogP contribution is 2.28. The first-order chi connectivity index (χ1) is 13.0. The van der Waals surface area contributed by atoms with Crippen LogP contribution in [0.1, 0.15) is 0 Å². The van der Waals surface area contributed by atoms with Crippen LogP contribution in [0.25, 0.3) is 11.0 Å². The second-order valence-electron chi connectivity index (χ2n) is 5.82. The largest absolute Gasteiger partial charge is 0.492 e. The van der Waals surface area contributed by atoms with Crippen LogP contribution < -0.4 is 4.74 Å². The number of imidazole rings is 1. The van der Waals surface area contributed by atoms with Crippen molar-refractivity contribution in [1.29, 1.82) is 0 Å². The van der Waals surface area contributed by atoms with Crippen LogP contribution in [0.2, 0.25) is 0 Å². The Labute approximate surface area is 159 Å². The average molecular weight is 391 g/mol. The Hall–Kier alpha value is -2.61. The fraction of sp³-hybridized carbons (Fsp3) is 0.263. The SMILES string of the molecule is CN(CCOc1ccccc1)C(=O)Cn1c(SC(F)F)nc2ccccc21. The molecule has 0 bridgehead atoms. The molecule has 8 heteroatoms. The summed E-state index contributed by atoms with van der Waals surface area (Å²) in [6, 6.07) is 16.4. The summed E-state index contributed by atoms with van der Waals surface area (Å²) in [5.74, 6) is -2.08. The van der Waals surface area contributed by atoms with Crippen LogP contribution in [0.4, 0.5) is 8.78 Å². The van der Waals surface area contributed by atoms with E-state index in [1.807, 2.05) is 30.3 Å². The van der Waals surface area contributed by atoms with Crippen LogP contribution in [0, 0.1) is 0 Å². The van der Waals surface area contributed by atoms with E-state index in [2.05, 4.69) is 4.98 Å². The molecule has 0 aliphatic rings. The Morgan fingerprint density at radius 2 is 1.89 bits per heavy atom. The monoisotopic (exact) mass is 391 g/mol. The minimum absolute atomic E-state index is 0.0581. The molecule has 0 saturated carbocycles. The molecule has 0 aliphatic carbocycles. The van der Waals surface area contributed by atoms with Gasteiger partial charge in [0, 0.05) is 7.05 Å². The van der Waals surface area contributed by atoms with Gasteiger partial charge in [0.2, 0.25) is 5.91 Å². The maximum absolute atomic E-state index is 12.9. The van der Waals surface area contributed by atoms with Crippen LogP contribution in [0.3, 0.4) is 0 Å². The number of benzene rings is 2. The molecule has 1 heterocycles. The number of hydrogen-bond acceptors (Lipinski definition) is 4. The molecule has 0 atom stereocenters. The predicted octanol–water partition coefficient (Wildman–Crippen LogP) is 3.89. The van der Waals surface area contributed by atoms with Crippen molar-refractivity contribution in [2.24, 2.45) is 0 Å².